The molecule has 0 aromatic heterocycles. The van der Waals surface area contributed by atoms with Crippen LogP contribution in [-0.4, -0.2) is 12.1 Å². The minimum absolute atomic E-state index is 0.0757. The topological polar surface area (TPSA) is 41.5 Å². The number of nitrogens with zero attached hydrogens (tertiary/aromatic N) is 1. The van der Waals surface area contributed by atoms with E-state index < -0.39 is 0 Å². The summed E-state index contributed by atoms with van der Waals surface area (Å²) in [4.78, 5) is 11.3. The fraction of sp³-hybridized carbons (Fsp3) is 0.333. The lowest BCUT2D eigenvalue weighted by Crippen LogP contribution is -2.19. The van der Waals surface area contributed by atoms with Crippen molar-refractivity contribution >= 4 is 23.7 Å². The minimum Gasteiger partial charge on any atom is -0.273 e. The number of amides is 1. The molecule has 1 aromatic rings. The second kappa shape index (κ2) is 6.28. The zero-order valence-corrected chi connectivity index (χ0v) is 10.2. The third kappa shape index (κ3) is 4.94. The maximum absolute atomic E-state index is 11.3. The van der Waals surface area contributed by atoms with Gasteiger partial charge in [-0.2, -0.15) is 5.10 Å². The smallest absolute Gasteiger partial charge is 0.240 e. The van der Waals surface area contributed by atoms with Crippen LogP contribution >= 0.6 is 11.6 Å². The van der Waals surface area contributed by atoms with Crippen LogP contribution in [0.1, 0.15) is 25.8 Å². The van der Waals surface area contributed by atoms with Crippen molar-refractivity contribution in [1.82, 2.24) is 5.43 Å². The first-order chi connectivity index (χ1) is 7.58. The highest BCUT2D eigenvalue weighted by atomic mass is 35.5. The summed E-state index contributed by atoms with van der Waals surface area (Å²) in [7, 11) is 0. The van der Waals surface area contributed by atoms with Crippen molar-refractivity contribution in [3.63, 3.8) is 0 Å². The van der Waals surface area contributed by atoms with Crippen molar-refractivity contribution in [3.8, 4) is 0 Å². The van der Waals surface area contributed by atoms with E-state index in [0.29, 0.717) is 17.4 Å². The van der Waals surface area contributed by atoms with E-state index >= 15 is 0 Å². The van der Waals surface area contributed by atoms with Crippen LogP contribution in [0.25, 0.3) is 0 Å². The second-order valence-corrected chi connectivity index (χ2v) is 4.38. The van der Waals surface area contributed by atoms with Crippen molar-refractivity contribution in [2.75, 3.05) is 0 Å². The number of rotatable bonds is 4. The fourth-order valence-corrected chi connectivity index (χ4v) is 1.38. The maximum atomic E-state index is 11.3. The van der Waals surface area contributed by atoms with E-state index in [-0.39, 0.29) is 5.91 Å². The van der Waals surface area contributed by atoms with E-state index in [0.717, 1.165) is 5.56 Å². The van der Waals surface area contributed by atoms with E-state index in [4.69, 9.17) is 11.6 Å². The number of carbonyl (C=O) groups is 1. The van der Waals surface area contributed by atoms with Gasteiger partial charge in [0, 0.05) is 11.4 Å². The normalized spacial score (nSPS) is 11.0. The predicted octanol–water partition coefficient (Wildman–Crippen LogP) is 2.84. The molecule has 0 fully saturated rings. The lowest BCUT2D eigenvalue weighted by molar-refractivity contribution is -0.121. The Balaban J connectivity index is 2.46. The Morgan fingerprint density at radius 2 is 2.31 bits per heavy atom. The number of hydrogen-bond acceptors (Lipinski definition) is 2. The second-order valence-electron chi connectivity index (χ2n) is 3.95. The Hall–Kier alpha value is -1.35. The van der Waals surface area contributed by atoms with Crippen LogP contribution in [0.5, 0.6) is 0 Å². The van der Waals surface area contributed by atoms with Crippen molar-refractivity contribution in [2.45, 2.75) is 20.3 Å². The first-order valence-electron chi connectivity index (χ1n) is 5.15. The molecule has 1 amide bonds. The summed E-state index contributed by atoms with van der Waals surface area (Å²) in [5, 5.41) is 4.50. The Kier molecular flexibility index (Phi) is 4.99. The molecule has 0 radical (unpaired) electrons. The summed E-state index contributed by atoms with van der Waals surface area (Å²) < 4.78 is 0. The molecule has 0 spiro atoms. The zero-order chi connectivity index (χ0) is 12.0. The zero-order valence-electron chi connectivity index (χ0n) is 9.40. The van der Waals surface area contributed by atoms with Crippen LogP contribution in [0.3, 0.4) is 0 Å². The lowest BCUT2D eigenvalue weighted by atomic mass is 10.1. The molecule has 0 unspecified atom stereocenters. The molecule has 16 heavy (non-hydrogen) atoms. The van der Waals surface area contributed by atoms with Crippen LogP contribution < -0.4 is 5.43 Å². The Labute approximate surface area is 101 Å². The molecular weight excluding hydrogens is 224 g/mol. The average Bonchev–Trinajstić information content (AvgIpc) is 2.16. The maximum Gasteiger partial charge on any atom is 0.240 e. The van der Waals surface area contributed by atoms with Crippen LogP contribution in [0, 0.1) is 5.92 Å². The fourth-order valence-electron chi connectivity index (χ4n) is 1.18. The number of hydrogen-bond donors (Lipinski definition) is 1. The van der Waals surface area contributed by atoms with Gasteiger partial charge in [-0.25, -0.2) is 5.43 Å². The van der Waals surface area contributed by atoms with Crippen LogP contribution in [0.15, 0.2) is 29.4 Å². The summed E-state index contributed by atoms with van der Waals surface area (Å²) in [5.41, 5.74) is 3.33. The predicted molar refractivity (Wildman–Crippen MR) is 66.6 cm³/mol. The molecule has 0 atom stereocenters. The largest absolute Gasteiger partial charge is 0.273 e. The standard InChI is InChI=1S/C12H15ClN2O/c1-9(2)6-12(16)15-14-8-10-4-3-5-11(13)7-10/h3-5,7-9H,6H2,1-2H3,(H,15,16). The molecule has 1 N–H and O–H groups in total. The molecular formula is C12H15ClN2O. The van der Waals surface area contributed by atoms with Crippen molar-refractivity contribution in [2.24, 2.45) is 11.0 Å². The highest BCUT2D eigenvalue weighted by Gasteiger charge is 2.02. The van der Waals surface area contributed by atoms with Gasteiger partial charge in [-0.3, -0.25) is 4.79 Å². The van der Waals surface area contributed by atoms with Crippen LogP contribution in [-0.2, 0) is 4.79 Å². The summed E-state index contributed by atoms with van der Waals surface area (Å²) in [6.07, 6.45) is 2.05. The van der Waals surface area contributed by atoms with E-state index in [1.807, 2.05) is 26.0 Å². The Bertz CT molecular complexity index is 388. The van der Waals surface area contributed by atoms with E-state index in [1.165, 1.54) is 0 Å². The molecule has 0 aliphatic rings. The Morgan fingerprint density at radius 1 is 1.56 bits per heavy atom. The van der Waals surface area contributed by atoms with E-state index in [2.05, 4.69) is 10.5 Å². The highest BCUT2D eigenvalue weighted by Crippen LogP contribution is 2.08. The first-order valence-corrected chi connectivity index (χ1v) is 5.53. The van der Waals surface area contributed by atoms with Gasteiger partial charge in [0.25, 0.3) is 0 Å². The highest BCUT2D eigenvalue weighted by molar-refractivity contribution is 6.30. The molecule has 1 rings (SSSR count). The van der Waals surface area contributed by atoms with E-state index in [1.54, 1.807) is 18.3 Å². The summed E-state index contributed by atoms with van der Waals surface area (Å²) in [6, 6.07) is 7.26. The third-order valence-electron chi connectivity index (χ3n) is 1.85. The van der Waals surface area contributed by atoms with Gasteiger partial charge in [-0.1, -0.05) is 37.6 Å². The monoisotopic (exact) mass is 238 g/mol. The molecule has 0 aliphatic carbocycles. The number of nitrogens with one attached hydrogen (secondary N) is 1. The third-order valence-corrected chi connectivity index (χ3v) is 2.08. The van der Waals surface area contributed by atoms with Gasteiger partial charge >= 0.3 is 0 Å². The van der Waals surface area contributed by atoms with Crippen molar-refractivity contribution < 1.29 is 4.79 Å². The number of carbonyl (C=O) groups excluding carboxylic acids is 1. The van der Waals surface area contributed by atoms with Gasteiger partial charge in [0.1, 0.15) is 0 Å². The minimum atomic E-state index is -0.0757. The molecule has 86 valence electrons. The summed E-state index contributed by atoms with van der Waals surface area (Å²) >= 11 is 5.81. The molecule has 0 bridgehead atoms. The average molecular weight is 239 g/mol. The van der Waals surface area contributed by atoms with Gasteiger partial charge in [0.15, 0.2) is 0 Å². The van der Waals surface area contributed by atoms with Gasteiger partial charge < -0.3 is 0 Å². The molecule has 4 heteroatoms. The summed E-state index contributed by atoms with van der Waals surface area (Å²) in [6.45, 7) is 3.97. The van der Waals surface area contributed by atoms with E-state index in [9.17, 15) is 4.79 Å². The Morgan fingerprint density at radius 3 is 2.94 bits per heavy atom. The molecule has 0 aliphatic heterocycles. The van der Waals surface area contributed by atoms with Crippen molar-refractivity contribution in [3.05, 3.63) is 34.9 Å². The summed E-state index contributed by atoms with van der Waals surface area (Å²) in [5.74, 6) is 0.259. The van der Waals surface area contributed by atoms with Crippen LogP contribution in [0.2, 0.25) is 5.02 Å². The molecule has 0 saturated carbocycles. The number of benzene rings is 1. The van der Waals surface area contributed by atoms with Crippen LogP contribution in [0.4, 0.5) is 0 Å². The molecule has 3 nitrogen and oxygen atoms in total. The van der Waals surface area contributed by atoms with Gasteiger partial charge in [0.2, 0.25) is 5.91 Å². The lowest BCUT2D eigenvalue weighted by Gasteiger charge is -2.01. The number of halogens is 1. The SMILES string of the molecule is CC(C)CC(=O)NN=Cc1cccc(Cl)c1. The molecule has 0 saturated heterocycles. The first kappa shape index (κ1) is 12.7. The number of hydrazone groups is 1. The molecule has 0 heterocycles. The molecule has 1 aromatic carbocycles. The van der Waals surface area contributed by atoms with Crippen molar-refractivity contribution in [1.29, 1.82) is 0 Å². The van der Waals surface area contributed by atoms with Gasteiger partial charge in [-0.05, 0) is 23.6 Å². The van der Waals surface area contributed by atoms with Gasteiger partial charge in [-0.15, -0.1) is 0 Å². The van der Waals surface area contributed by atoms with Gasteiger partial charge in [0.05, 0.1) is 6.21 Å². The quantitative estimate of drug-likeness (QED) is 0.636.